The second-order valence-corrected chi connectivity index (χ2v) is 7.39. The highest BCUT2D eigenvalue weighted by Crippen LogP contribution is 2.33. The minimum Gasteiger partial charge on any atom is -0.493 e. The number of aromatic amines is 1. The summed E-state index contributed by atoms with van der Waals surface area (Å²) < 4.78 is 21.0. The smallest absolute Gasteiger partial charge is 0.337 e. The predicted octanol–water partition coefficient (Wildman–Crippen LogP) is 3.07. The molecule has 1 N–H and O–H groups in total. The van der Waals surface area contributed by atoms with Crippen LogP contribution in [0.3, 0.4) is 0 Å². The fourth-order valence-electron chi connectivity index (χ4n) is 2.99. The van der Waals surface area contributed by atoms with Gasteiger partial charge in [-0.05, 0) is 36.4 Å². The van der Waals surface area contributed by atoms with Gasteiger partial charge in [-0.1, -0.05) is 11.8 Å². The van der Waals surface area contributed by atoms with E-state index in [1.54, 1.807) is 32.4 Å². The summed E-state index contributed by atoms with van der Waals surface area (Å²) >= 11 is 1.22. The maximum Gasteiger partial charge on any atom is 0.337 e. The van der Waals surface area contributed by atoms with Gasteiger partial charge < -0.3 is 23.6 Å². The Labute approximate surface area is 185 Å². The lowest BCUT2D eigenvalue weighted by Crippen LogP contribution is -2.12. The van der Waals surface area contributed by atoms with Crippen LogP contribution in [0, 0.1) is 0 Å². The van der Waals surface area contributed by atoms with Crippen LogP contribution in [0.2, 0.25) is 0 Å². The quantitative estimate of drug-likeness (QED) is 0.328. The summed E-state index contributed by atoms with van der Waals surface area (Å²) in [4.78, 5) is 31.3. The number of methoxy groups -OCH3 is 3. The van der Waals surface area contributed by atoms with Crippen LogP contribution >= 0.6 is 11.8 Å². The Morgan fingerprint density at radius 2 is 1.88 bits per heavy atom. The molecule has 0 atom stereocenters. The highest BCUT2D eigenvalue weighted by Gasteiger charge is 2.14. The van der Waals surface area contributed by atoms with E-state index in [2.05, 4.69) is 20.2 Å². The molecule has 0 spiro atoms. The van der Waals surface area contributed by atoms with Gasteiger partial charge in [0.2, 0.25) is 5.89 Å². The molecular formula is C21H18N4O6S. The van der Waals surface area contributed by atoms with E-state index in [0.717, 1.165) is 0 Å². The number of ether oxygens (including phenoxy) is 3. The minimum absolute atomic E-state index is 0.279. The van der Waals surface area contributed by atoms with Crippen LogP contribution in [0.1, 0.15) is 16.2 Å². The van der Waals surface area contributed by atoms with Gasteiger partial charge in [0.25, 0.3) is 10.8 Å². The van der Waals surface area contributed by atoms with Crippen LogP contribution in [-0.4, -0.2) is 47.5 Å². The van der Waals surface area contributed by atoms with Gasteiger partial charge in [-0.2, -0.15) is 0 Å². The molecule has 0 amide bonds. The normalized spacial score (nSPS) is 10.8. The number of rotatable bonds is 7. The lowest BCUT2D eigenvalue weighted by Gasteiger charge is -2.07. The maximum absolute atomic E-state index is 12.4. The molecule has 0 unspecified atom stereocenters. The summed E-state index contributed by atoms with van der Waals surface area (Å²) in [5.41, 5.74) is 1.07. The van der Waals surface area contributed by atoms with Crippen LogP contribution in [0.15, 0.2) is 50.8 Å². The molecule has 11 heteroatoms. The third kappa shape index (κ3) is 4.28. The van der Waals surface area contributed by atoms with Crippen LogP contribution in [0.25, 0.3) is 22.4 Å². The van der Waals surface area contributed by atoms with Gasteiger partial charge in [-0.15, -0.1) is 10.2 Å². The number of H-pyrrole nitrogens is 1. The molecule has 0 radical (unpaired) electrons. The standard InChI is InChI=1S/C21H18N4O6S/c1-28-15-7-5-11(9-16(15)29-2)19-24-25-21(31-19)32-10-17-22-14-8-12(20(27)30-3)4-6-13(14)18(26)23-17/h4-9H,10H2,1-3H3,(H,22,23,26). The average Bonchev–Trinajstić information content (AvgIpc) is 3.30. The van der Waals surface area contributed by atoms with E-state index in [1.807, 2.05) is 0 Å². The van der Waals surface area contributed by atoms with Crippen molar-refractivity contribution in [3.05, 3.63) is 58.1 Å². The van der Waals surface area contributed by atoms with Crippen LogP contribution in [0.5, 0.6) is 11.5 Å². The highest BCUT2D eigenvalue weighted by atomic mass is 32.2. The first-order chi connectivity index (χ1) is 15.5. The Kier molecular flexibility index (Phi) is 6.08. The number of hydrogen-bond acceptors (Lipinski definition) is 10. The number of carbonyl (C=O) groups excluding carboxylic acids is 1. The molecule has 4 aromatic rings. The van der Waals surface area contributed by atoms with Crippen molar-refractivity contribution in [3.63, 3.8) is 0 Å². The molecule has 32 heavy (non-hydrogen) atoms. The van der Waals surface area contributed by atoms with Crippen molar-refractivity contribution in [2.75, 3.05) is 21.3 Å². The Morgan fingerprint density at radius 1 is 1.06 bits per heavy atom. The fraction of sp³-hybridized carbons (Fsp3) is 0.190. The summed E-state index contributed by atoms with van der Waals surface area (Å²) in [5, 5.41) is 8.77. The average molecular weight is 454 g/mol. The first kappa shape index (κ1) is 21.4. The molecule has 2 heterocycles. The molecule has 2 aromatic heterocycles. The molecule has 0 saturated heterocycles. The summed E-state index contributed by atoms with van der Waals surface area (Å²) in [6, 6.07) is 9.85. The second kappa shape index (κ2) is 9.10. The molecule has 4 rings (SSSR count). The van der Waals surface area contributed by atoms with Crippen molar-refractivity contribution in [1.82, 2.24) is 20.2 Å². The highest BCUT2D eigenvalue weighted by molar-refractivity contribution is 7.98. The molecule has 164 valence electrons. The zero-order valence-electron chi connectivity index (χ0n) is 17.4. The fourth-order valence-corrected chi connectivity index (χ4v) is 3.62. The Hall–Kier alpha value is -3.86. The van der Waals surface area contributed by atoms with Crippen LogP contribution in [0.4, 0.5) is 0 Å². The predicted molar refractivity (Wildman–Crippen MR) is 116 cm³/mol. The number of nitrogens with zero attached hydrogens (tertiary/aromatic N) is 3. The van der Waals surface area contributed by atoms with Crippen LogP contribution < -0.4 is 15.0 Å². The van der Waals surface area contributed by atoms with Gasteiger partial charge in [0.1, 0.15) is 5.82 Å². The first-order valence-electron chi connectivity index (χ1n) is 9.32. The summed E-state index contributed by atoms with van der Waals surface area (Å²) in [7, 11) is 4.39. The van der Waals surface area contributed by atoms with Crippen molar-refractivity contribution >= 4 is 28.6 Å². The molecule has 10 nitrogen and oxygen atoms in total. The molecule has 0 aliphatic carbocycles. The van der Waals surface area contributed by atoms with Crippen molar-refractivity contribution in [1.29, 1.82) is 0 Å². The zero-order valence-corrected chi connectivity index (χ0v) is 18.2. The Morgan fingerprint density at radius 3 is 2.62 bits per heavy atom. The number of hydrogen-bond donors (Lipinski definition) is 1. The molecule has 0 saturated carbocycles. The van der Waals surface area contributed by atoms with E-state index < -0.39 is 5.97 Å². The monoisotopic (exact) mass is 454 g/mol. The SMILES string of the molecule is COC(=O)c1ccc2c(=O)[nH]c(CSc3nnc(-c4ccc(OC)c(OC)c4)o3)nc2c1. The first-order valence-corrected chi connectivity index (χ1v) is 10.3. The van der Waals surface area contributed by atoms with Gasteiger partial charge in [-0.25, -0.2) is 9.78 Å². The molecular weight excluding hydrogens is 436 g/mol. The zero-order chi connectivity index (χ0) is 22.7. The third-order valence-electron chi connectivity index (χ3n) is 4.55. The number of esters is 1. The summed E-state index contributed by atoms with van der Waals surface area (Å²) in [5.74, 6) is 1.63. The van der Waals surface area contributed by atoms with Crippen molar-refractivity contribution in [3.8, 4) is 23.0 Å². The van der Waals surface area contributed by atoms with Gasteiger partial charge in [0.15, 0.2) is 11.5 Å². The minimum atomic E-state index is -0.501. The maximum atomic E-state index is 12.4. The Balaban J connectivity index is 1.53. The Bertz CT molecular complexity index is 1350. The lowest BCUT2D eigenvalue weighted by molar-refractivity contribution is 0.0601. The summed E-state index contributed by atoms with van der Waals surface area (Å²) in [6.45, 7) is 0. The lowest BCUT2D eigenvalue weighted by atomic mass is 10.1. The van der Waals surface area contributed by atoms with E-state index in [1.165, 1.54) is 37.1 Å². The number of thioether (sulfide) groups is 1. The molecule has 2 aromatic carbocycles. The van der Waals surface area contributed by atoms with Crippen molar-refractivity contribution in [2.24, 2.45) is 0 Å². The van der Waals surface area contributed by atoms with E-state index in [9.17, 15) is 9.59 Å². The molecule has 0 aliphatic heterocycles. The topological polar surface area (TPSA) is 129 Å². The number of aromatic nitrogens is 4. The molecule has 0 fully saturated rings. The van der Waals surface area contributed by atoms with Gasteiger partial charge >= 0.3 is 5.97 Å². The number of nitrogens with one attached hydrogen (secondary N) is 1. The summed E-state index contributed by atoms with van der Waals surface area (Å²) in [6.07, 6.45) is 0. The van der Waals surface area contributed by atoms with Crippen molar-refractivity contribution in [2.45, 2.75) is 11.0 Å². The van der Waals surface area contributed by atoms with Crippen molar-refractivity contribution < 1.29 is 23.4 Å². The van der Waals surface area contributed by atoms with Gasteiger partial charge in [0, 0.05) is 5.56 Å². The largest absolute Gasteiger partial charge is 0.493 e. The van der Waals surface area contributed by atoms with E-state index in [4.69, 9.17) is 18.6 Å². The molecule has 0 aliphatic rings. The number of fused-ring (bicyclic) bond motifs is 1. The van der Waals surface area contributed by atoms with Gasteiger partial charge in [0.05, 0.1) is 43.5 Å². The van der Waals surface area contributed by atoms with Crippen LogP contribution in [-0.2, 0) is 10.5 Å². The number of benzene rings is 2. The van der Waals surface area contributed by atoms with Gasteiger partial charge in [-0.3, -0.25) is 4.79 Å². The van der Waals surface area contributed by atoms with E-state index in [-0.39, 0.29) is 11.3 Å². The van der Waals surface area contributed by atoms with E-state index in [0.29, 0.717) is 50.5 Å². The molecule has 0 bridgehead atoms. The number of carbonyl (C=O) groups is 1. The third-order valence-corrected chi connectivity index (χ3v) is 5.38. The van der Waals surface area contributed by atoms with E-state index >= 15 is 0 Å². The second-order valence-electron chi connectivity index (χ2n) is 6.47.